The maximum absolute atomic E-state index is 14.1. The molecular formula is C28H20N2O4. The van der Waals surface area contributed by atoms with E-state index in [1.165, 1.54) is 6.26 Å². The van der Waals surface area contributed by atoms with E-state index in [0.29, 0.717) is 22.4 Å². The fourth-order valence-electron chi connectivity index (χ4n) is 4.35. The van der Waals surface area contributed by atoms with Crippen LogP contribution in [0.4, 0.5) is 11.4 Å². The summed E-state index contributed by atoms with van der Waals surface area (Å²) in [6, 6.07) is 27.1. The van der Waals surface area contributed by atoms with Crippen LogP contribution < -0.4 is 5.32 Å². The van der Waals surface area contributed by atoms with E-state index < -0.39 is 4.92 Å². The maximum Gasteiger partial charge on any atom is 0.289 e. The lowest BCUT2D eigenvalue weighted by Crippen LogP contribution is -2.11. The normalized spacial score (nSPS) is 10.9. The Bertz CT molecular complexity index is 1520. The minimum Gasteiger partial charge on any atom is -0.464 e. The number of nitro groups is 1. The third kappa shape index (κ3) is 3.51. The summed E-state index contributed by atoms with van der Waals surface area (Å²) >= 11 is 0. The highest BCUT2D eigenvalue weighted by Crippen LogP contribution is 2.45. The van der Waals surface area contributed by atoms with Gasteiger partial charge in [-0.15, -0.1) is 0 Å². The summed E-state index contributed by atoms with van der Waals surface area (Å²) in [5.41, 5.74) is 2.18. The van der Waals surface area contributed by atoms with Gasteiger partial charge in [0.2, 0.25) is 0 Å². The van der Waals surface area contributed by atoms with Gasteiger partial charge in [-0.05, 0) is 34.5 Å². The maximum atomic E-state index is 14.1. The molecule has 0 atom stereocenters. The first-order valence-electron chi connectivity index (χ1n) is 10.7. The third-order valence-corrected chi connectivity index (χ3v) is 5.87. The van der Waals surface area contributed by atoms with E-state index in [0.717, 1.165) is 10.8 Å². The Morgan fingerprint density at radius 1 is 0.912 bits per heavy atom. The predicted molar refractivity (Wildman–Crippen MR) is 133 cm³/mol. The molecule has 0 aliphatic heterocycles. The number of hydrogen-bond acceptors (Lipinski definition) is 5. The highest BCUT2D eigenvalue weighted by Gasteiger charge is 2.33. The average Bonchev–Trinajstić information content (AvgIpc) is 3.42. The van der Waals surface area contributed by atoms with Crippen LogP contribution in [0.2, 0.25) is 0 Å². The molecule has 5 rings (SSSR count). The van der Waals surface area contributed by atoms with Crippen molar-refractivity contribution in [2.24, 2.45) is 0 Å². The minimum absolute atomic E-state index is 0.152. The topological polar surface area (TPSA) is 85.4 Å². The molecule has 0 aliphatic rings. The van der Waals surface area contributed by atoms with Crippen LogP contribution in [0.25, 0.3) is 33.2 Å². The summed E-state index contributed by atoms with van der Waals surface area (Å²) in [5.74, 6) is -0.0696. The molecule has 1 heterocycles. The number of nitrogens with one attached hydrogen (secondary N) is 1. The summed E-state index contributed by atoms with van der Waals surface area (Å²) in [7, 11) is 1.70. The van der Waals surface area contributed by atoms with Crippen LogP contribution >= 0.6 is 0 Å². The van der Waals surface area contributed by atoms with Gasteiger partial charge in [-0.25, -0.2) is 0 Å². The molecule has 0 unspecified atom stereocenters. The van der Waals surface area contributed by atoms with Crippen LogP contribution in [0.3, 0.4) is 0 Å². The first-order chi connectivity index (χ1) is 16.6. The van der Waals surface area contributed by atoms with Gasteiger partial charge in [-0.3, -0.25) is 14.9 Å². The highest BCUT2D eigenvalue weighted by molar-refractivity contribution is 6.22. The molecule has 0 amide bonds. The zero-order valence-electron chi connectivity index (χ0n) is 18.3. The molecule has 0 aliphatic carbocycles. The Balaban J connectivity index is 1.88. The Labute approximate surface area is 195 Å². The molecule has 0 radical (unpaired) electrons. The van der Waals surface area contributed by atoms with Crippen molar-refractivity contribution in [3.8, 4) is 22.5 Å². The second-order valence-corrected chi connectivity index (χ2v) is 7.78. The Kier molecular flexibility index (Phi) is 5.40. The van der Waals surface area contributed by atoms with E-state index in [4.69, 9.17) is 4.42 Å². The monoisotopic (exact) mass is 448 g/mol. The predicted octanol–water partition coefficient (Wildman–Crippen LogP) is 6.95. The van der Waals surface area contributed by atoms with Gasteiger partial charge in [0.15, 0.2) is 5.78 Å². The molecule has 4 aromatic carbocycles. The smallest absolute Gasteiger partial charge is 0.289 e. The number of carbonyl (C=O) groups excluding carboxylic acids is 1. The molecule has 0 fully saturated rings. The second-order valence-electron chi connectivity index (χ2n) is 7.78. The summed E-state index contributed by atoms with van der Waals surface area (Å²) in [6.07, 6.45) is 1.44. The molecule has 0 bridgehead atoms. The number of anilines is 1. The van der Waals surface area contributed by atoms with Gasteiger partial charge in [0.25, 0.3) is 5.69 Å². The van der Waals surface area contributed by atoms with E-state index in [1.807, 2.05) is 54.6 Å². The summed E-state index contributed by atoms with van der Waals surface area (Å²) in [5, 5.41) is 17.2. The van der Waals surface area contributed by atoms with Gasteiger partial charge in [-0.1, -0.05) is 72.8 Å². The Morgan fingerprint density at radius 2 is 1.65 bits per heavy atom. The quantitative estimate of drug-likeness (QED) is 0.173. The van der Waals surface area contributed by atoms with Crippen LogP contribution in [-0.2, 0) is 0 Å². The fraction of sp³-hybridized carbons (Fsp3) is 0.0357. The third-order valence-electron chi connectivity index (χ3n) is 5.87. The van der Waals surface area contributed by atoms with E-state index >= 15 is 0 Å². The number of fused-ring (bicyclic) bond motifs is 1. The molecule has 5 aromatic rings. The van der Waals surface area contributed by atoms with Crippen molar-refractivity contribution in [1.82, 2.24) is 0 Å². The van der Waals surface area contributed by atoms with Crippen molar-refractivity contribution in [3.63, 3.8) is 0 Å². The van der Waals surface area contributed by atoms with Crippen molar-refractivity contribution in [2.75, 3.05) is 12.4 Å². The van der Waals surface area contributed by atoms with Crippen molar-refractivity contribution >= 4 is 27.9 Å². The largest absolute Gasteiger partial charge is 0.464 e. The minimum atomic E-state index is -0.445. The van der Waals surface area contributed by atoms with Gasteiger partial charge in [0.05, 0.1) is 22.3 Å². The summed E-state index contributed by atoms with van der Waals surface area (Å²) < 4.78 is 5.63. The number of hydrogen-bond donors (Lipinski definition) is 1. The first kappa shape index (κ1) is 21.2. The van der Waals surface area contributed by atoms with Crippen LogP contribution in [0.15, 0.2) is 102 Å². The van der Waals surface area contributed by atoms with Gasteiger partial charge in [0.1, 0.15) is 11.3 Å². The van der Waals surface area contributed by atoms with Crippen molar-refractivity contribution in [3.05, 3.63) is 118 Å². The lowest BCUT2D eigenvalue weighted by atomic mass is 9.88. The first-order valence-corrected chi connectivity index (χ1v) is 10.7. The Morgan fingerprint density at radius 3 is 2.35 bits per heavy atom. The summed E-state index contributed by atoms with van der Waals surface area (Å²) in [6.45, 7) is 0. The Hall–Kier alpha value is -4.71. The number of carbonyl (C=O) groups is 1. The average molecular weight is 448 g/mol. The van der Waals surface area contributed by atoms with Crippen molar-refractivity contribution < 1.29 is 14.1 Å². The van der Waals surface area contributed by atoms with E-state index in [9.17, 15) is 14.9 Å². The van der Waals surface area contributed by atoms with Gasteiger partial charge in [-0.2, -0.15) is 0 Å². The lowest BCUT2D eigenvalue weighted by molar-refractivity contribution is -0.383. The number of rotatable bonds is 6. The lowest BCUT2D eigenvalue weighted by Gasteiger charge is -2.17. The zero-order chi connectivity index (χ0) is 23.7. The van der Waals surface area contributed by atoms with Crippen LogP contribution in [0.5, 0.6) is 0 Å². The fourth-order valence-corrected chi connectivity index (χ4v) is 4.35. The number of nitrogens with zero attached hydrogens (tertiary/aromatic N) is 1. The molecule has 0 saturated heterocycles. The standard InChI is InChI=1S/C28H20N2O4/c1-29-23-17-22(19-9-3-2-4-10-19)27(30(32)33)26(24-15-8-16-34-24)25(23)28(31)21-14-7-12-18-11-5-6-13-20(18)21/h2-17,29H,1H3. The second kappa shape index (κ2) is 8.67. The molecule has 0 saturated carbocycles. The molecule has 34 heavy (non-hydrogen) atoms. The SMILES string of the molecule is CNc1cc(-c2ccccc2)c([N+](=O)[O-])c(-c2ccco2)c1C(=O)c1cccc2ccccc12. The van der Waals surface area contributed by atoms with Gasteiger partial charge in [0, 0.05) is 18.3 Å². The summed E-state index contributed by atoms with van der Waals surface area (Å²) in [4.78, 5) is 26.1. The number of benzene rings is 4. The highest BCUT2D eigenvalue weighted by atomic mass is 16.6. The molecule has 6 nitrogen and oxygen atoms in total. The van der Waals surface area contributed by atoms with Crippen molar-refractivity contribution in [1.29, 1.82) is 0 Å². The molecule has 6 heteroatoms. The van der Waals surface area contributed by atoms with Crippen LogP contribution in [-0.4, -0.2) is 17.8 Å². The molecule has 0 spiro atoms. The molecule has 1 aromatic heterocycles. The molecule has 166 valence electrons. The van der Waals surface area contributed by atoms with E-state index in [2.05, 4.69) is 5.32 Å². The number of furan rings is 1. The van der Waals surface area contributed by atoms with Gasteiger partial charge < -0.3 is 9.73 Å². The van der Waals surface area contributed by atoms with E-state index in [1.54, 1.807) is 43.4 Å². The van der Waals surface area contributed by atoms with Gasteiger partial charge >= 0.3 is 0 Å². The van der Waals surface area contributed by atoms with Crippen LogP contribution in [0.1, 0.15) is 15.9 Å². The molecule has 1 N–H and O–H groups in total. The van der Waals surface area contributed by atoms with Crippen molar-refractivity contribution in [2.45, 2.75) is 0 Å². The van der Waals surface area contributed by atoms with E-state index in [-0.39, 0.29) is 28.4 Å². The number of ketones is 1. The van der Waals surface area contributed by atoms with Crippen LogP contribution in [0, 0.1) is 10.1 Å². The zero-order valence-corrected chi connectivity index (χ0v) is 18.3. The molecular weight excluding hydrogens is 428 g/mol. The number of nitro benzene ring substituents is 1.